The highest BCUT2D eigenvalue weighted by molar-refractivity contribution is 6.10. The second-order valence-corrected chi connectivity index (χ2v) is 13.6. The van der Waals surface area contributed by atoms with Gasteiger partial charge in [0.1, 0.15) is 0 Å². The quantitative estimate of drug-likeness (QED) is 0.157. The molecule has 8 aromatic rings. The lowest BCUT2D eigenvalue weighted by molar-refractivity contribution is 0.491. The first-order chi connectivity index (χ1) is 24.7. The lowest BCUT2D eigenvalue weighted by Gasteiger charge is -2.36. The molecule has 0 saturated heterocycles. The lowest BCUT2D eigenvalue weighted by Crippen LogP contribution is -2.26. The number of benzene rings is 8. The van der Waals surface area contributed by atoms with Crippen molar-refractivity contribution >= 4 is 38.6 Å². The smallest absolute Gasteiger partial charge is 0.0508 e. The highest BCUT2D eigenvalue weighted by Crippen LogP contribution is 2.58. The van der Waals surface area contributed by atoms with Crippen molar-refractivity contribution in [2.24, 2.45) is 0 Å². The summed E-state index contributed by atoms with van der Waals surface area (Å²) in [5, 5.41) is 5.25. The summed E-state index contributed by atoms with van der Waals surface area (Å²) < 4.78 is 0. The Balaban J connectivity index is 1.33. The minimum absolute atomic E-state index is 0.140. The Hall–Kier alpha value is -5.92. The zero-order chi connectivity index (χ0) is 33.7. The number of nitrogens with zero attached hydrogens (tertiary/aromatic N) is 1. The van der Waals surface area contributed by atoms with Crippen LogP contribution < -0.4 is 4.90 Å². The summed E-state index contributed by atoms with van der Waals surface area (Å²) >= 11 is 0. The molecule has 0 saturated carbocycles. The monoisotopic (exact) mass is 641 g/mol. The largest absolute Gasteiger partial charge is 0.310 e. The van der Waals surface area contributed by atoms with Crippen LogP contribution in [0.5, 0.6) is 0 Å². The molecular weight excluding hydrogens is 603 g/mol. The van der Waals surface area contributed by atoms with Crippen molar-refractivity contribution in [3.63, 3.8) is 0 Å². The van der Waals surface area contributed by atoms with Crippen molar-refractivity contribution in [1.82, 2.24) is 0 Å². The van der Waals surface area contributed by atoms with Gasteiger partial charge >= 0.3 is 0 Å². The Kier molecular flexibility index (Phi) is 7.36. The van der Waals surface area contributed by atoms with E-state index in [9.17, 15) is 0 Å². The molecule has 0 unspecified atom stereocenters. The SMILES string of the molecule is CCC1(CC)c2cc3c(ccc4ccccc43)cc2-c2cccc(N(c3ccccc3)c3cc(-c4ccccc4)cc(-c4ccccc4)c3)c21. The third-order valence-corrected chi connectivity index (χ3v) is 11.1. The van der Waals surface area contributed by atoms with Gasteiger partial charge in [0.05, 0.1) is 5.69 Å². The Morgan fingerprint density at radius 3 is 1.68 bits per heavy atom. The van der Waals surface area contributed by atoms with Crippen LogP contribution in [-0.2, 0) is 5.41 Å². The van der Waals surface area contributed by atoms with Crippen LogP contribution in [-0.4, -0.2) is 0 Å². The van der Waals surface area contributed by atoms with Gasteiger partial charge in [-0.1, -0.05) is 141 Å². The van der Waals surface area contributed by atoms with Crippen molar-refractivity contribution in [3.05, 3.63) is 187 Å². The van der Waals surface area contributed by atoms with E-state index in [-0.39, 0.29) is 5.41 Å². The van der Waals surface area contributed by atoms with E-state index >= 15 is 0 Å². The van der Waals surface area contributed by atoms with E-state index in [0.717, 1.165) is 24.2 Å². The molecule has 1 nitrogen and oxygen atoms in total. The van der Waals surface area contributed by atoms with E-state index in [1.807, 2.05) is 0 Å². The predicted molar refractivity (Wildman–Crippen MR) is 214 cm³/mol. The maximum atomic E-state index is 2.53. The number of fused-ring (bicyclic) bond motifs is 6. The molecule has 0 aliphatic heterocycles. The first-order valence-electron chi connectivity index (χ1n) is 17.9. The summed E-state index contributed by atoms with van der Waals surface area (Å²) in [7, 11) is 0. The highest BCUT2D eigenvalue weighted by atomic mass is 15.1. The van der Waals surface area contributed by atoms with Crippen molar-refractivity contribution < 1.29 is 0 Å². The summed E-state index contributed by atoms with van der Waals surface area (Å²) in [6, 6.07) is 64.9. The Bertz CT molecular complexity index is 2430. The molecule has 0 aromatic heterocycles. The second-order valence-electron chi connectivity index (χ2n) is 13.6. The van der Waals surface area contributed by atoms with Crippen molar-refractivity contribution in [2.45, 2.75) is 32.1 Å². The highest BCUT2D eigenvalue weighted by Gasteiger charge is 2.43. The van der Waals surface area contributed by atoms with Gasteiger partial charge in [-0.25, -0.2) is 0 Å². The summed E-state index contributed by atoms with van der Waals surface area (Å²) in [4.78, 5) is 2.51. The normalized spacial score (nSPS) is 12.9. The van der Waals surface area contributed by atoms with Crippen LogP contribution >= 0.6 is 0 Å². The van der Waals surface area contributed by atoms with Gasteiger partial charge in [0.25, 0.3) is 0 Å². The van der Waals surface area contributed by atoms with Crippen molar-refractivity contribution in [1.29, 1.82) is 0 Å². The van der Waals surface area contributed by atoms with Gasteiger partial charge < -0.3 is 4.90 Å². The predicted octanol–water partition coefficient (Wildman–Crippen LogP) is 13.9. The fourth-order valence-electron chi connectivity index (χ4n) is 8.59. The molecule has 0 amide bonds. The Labute approximate surface area is 295 Å². The summed E-state index contributed by atoms with van der Waals surface area (Å²) in [5.41, 5.74) is 13.8. The molecule has 0 N–H and O–H groups in total. The number of hydrogen-bond donors (Lipinski definition) is 0. The van der Waals surface area contributed by atoms with Crippen LogP contribution in [0.2, 0.25) is 0 Å². The van der Waals surface area contributed by atoms with E-state index in [0.29, 0.717) is 0 Å². The molecule has 0 fully saturated rings. The van der Waals surface area contributed by atoms with Gasteiger partial charge in [-0.3, -0.25) is 0 Å². The van der Waals surface area contributed by atoms with Crippen molar-refractivity contribution in [3.8, 4) is 33.4 Å². The molecule has 9 rings (SSSR count). The molecule has 0 radical (unpaired) electrons. The average molecular weight is 642 g/mol. The van der Waals surface area contributed by atoms with Gasteiger partial charge in [0.15, 0.2) is 0 Å². The molecule has 240 valence electrons. The van der Waals surface area contributed by atoms with Crippen LogP contribution in [0.1, 0.15) is 37.8 Å². The molecule has 0 spiro atoms. The fraction of sp³-hybridized carbons (Fsp3) is 0.102. The molecule has 0 heterocycles. The van der Waals surface area contributed by atoms with Gasteiger partial charge in [-0.05, 0) is 127 Å². The summed E-state index contributed by atoms with van der Waals surface area (Å²) in [5.74, 6) is 0. The van der Waals surface area contributed by atoms with E-state index in [2.05, 4.69) is 195 Å². The molecule has 1 aliphatic rings. The molecule has 50 heavy (non-hydrogen) atoms. The maximum absolute atomic E-state index is 2.53. The van der Waals surface area contributed by atoms with E-state index in [4.69, 9.17) is 0 Å². The number of rotatable bonds is 7. The first kappa shape index (κ1) is 30.2. The standard InChI is InChI=1S/C49H39N/c1-3-49(4-2)46-33-44-37(28-27-36-21-14-15-24-42(36)44)32-45(46)43-25-16-26-47(48(43)49)50(40-22-12-7-13-23-40)41-30-38(34-17-8-5-9-18-34)29-39(31-41)35-19-10-6-11-20-35/h5-33H,3-4H2,1-2H3. The van der Waals surface area contributed by atoms with E-state index in [1.165, 1.54) is 71.7 Å². The van der Waals surface area contributed by atoms with E-state index in [1.54, 1.807) is 0 Å². The van der Waals surface area contributed by atoms with Crippen molar-refractivity contribution in [2.75, 3.05) is 4.90 Å². The van der Waals surface area contributed by atoms with Crippen LogP contribution in [0, 0.1) is 0 Å². The molecule has 1 aliphatic carbocycles. The number of anilines is 3. The maximum Gasteiger partial charge on any atom is 0.0508 e. The average Bonchev–Trinajstić information content (AvgIpc) is 3.47. The first-order valence-corrected chi connectivity index (χ1v) is 17.9. The van der Waals surface area contributed by atoms with Gasteiger partial charge in [0.2, 0.25) is 0 Å². The lowest BCUT2D eigenvalue weighted by atomic mass is 9.72. The minimum Gasteiger partial charge on any atom is -0.310 e. The van der Waals surface area contributed by atoms with Crippen LogP contribution in [0.4, 0.5) is 17.1 Å². The second kappa shape index (κ2) is 12.2. The summed E-state index contributed by atoms with van der Waals surface area (Å²) in [6.07, 6.45) is 2.03. The third-order valence-electron chi connectivity index (χ3n) is 11.1. The number of hydrogen-bond acceptors (Lipinski definition) is 1. The van der Waals surface area contributed by atoms with Gasteiger partial charge in [-0.2, -0.15) is 0 Å². The zero-order valence-corrected chi connectivity index (χ0v) is 28.6. The van der Waals surface area contributed by atoms with E-state index < -0.39 is 0 Å². The molecule has 0 bridgehead atoms. The Morgan fingerprint density at radius 2 is 1.02 bits per heavy atom. The Morgan fingerprint density at radius 1 is 0.420 bits per heavy atom. The minimum atomic E-state index is -0.140. The van der Waals surface area contributed by atoms with Gasteiger partial charge in [0, 0.05) is 16.8 Å². The van der Waals surface area contributed by atoms with Crippen LogP contribution in [0.3, 0.4) is 0 Å². The van der Waals surface area contributed by atoms with Gasteiger partial charge in [-0.15, -0.1) is 0 Å². The molecular formula is C49H39N. The zero-order valence-electron chi connectivity index (χ0n) is 28.6. The molecule has 1 heteroatoms. The van der Waals surface area contributed by atoms with Crippen LogP contribution in [0.15, 0.2) is 176 Å². The topological polar surface area (TPSA) is 3.24 Å². The molecule has 0 atom stereocenters. The fourth-order valence-corrected chi connectivity index (χ4v) is 8.59. The summed E-state index contributed by atoms with van der Waals surface area (Å²) in [6.45, 7) is 4.76. The van der Waals surface area contributed by atoms with Crippen LogP contribution in [0.25, 0.3) is 54.9 Å². The third kappa shape index (κ3) is 4.76. The molecule has 8 aromatic carbocycles. The number of para-hydroxylation sites is 1.